The van der Waals surface area contributed by atoms with Crippen LogP contribution in [-0.4, -0.2) is 59.0 Å². The lowest BCUT2D eigenvalue weighted by Gasteiger charge is -2.37. The van der Waals surface area contributed by atoms with Crippen LogP contribution in [0.3, 0.4) is 0 Å². The third kappa shape index (κ3) is 5.06. The molecule has 5 nitrogen and oxygen atoms in total. The van der Waals surface area contributed by atoms with Gasteiger partial charge in [-0.2, -0.15) is 0 Å². The number of hydrogen-bond donors (Lipinski definition) is 1. The molecule has 0 saturated carbocycles. The van der Waals surface area contributed by atoms with Crippen LogP contribution in [-0.2, 0) is 16.0 Å². The molecule has 5 heteroatoms. The zero-order chi connectivity index (χ0) is 17.7. The maximum atomic E-state index is 12.5. The molecule has 132 valence electrons. The summed E-state index contributed by atoms with van der Waals surface area (Å²) in [6.07, 6.45) is 2.14. The van der Waals surface area contributed by atoms with Gasteiger partial charge in [-0.15, -0.1) is 0 Å². The number of amides is 1. The van der Waals surface area contributed by atoms with Crippen molar-refractivity contribution in [2.45, 2.75) is 46.1 Å². The van der Waals surface area contributed by atoms with E-state index in [0.29, 0.717) is 19.5 Å². The van der Waals surface area contributed by atoms with Gasteiger partial charge in [0, 0.05) is 19.1 Å². The predicted molar refractivity (Wildman–Crippen MR) is 94.1 cm³/mol. The van der Waals surface area contributed by atoms with Crippen LogP contribution in [0.4, 0.5) is 0 Å². The number of hydrogen-bond acceptors (Lipinski definition) is 3. The highest BCUT2D eigenvalue weighted by Gasteiger charge is 2.27. The summed E-state index contributed by atoms with van der Waals surface area (Å²) in [5.41, 5.74) is 3.44. The lowest BCUT2D eigenvalue weighted by molar-refractivity contribution is -0.140. The second-order valence-electron chi connectivity index (χ2n) is 6.74. The largest absolute Gasteiger partial charge is 0.480 e. The van der Waals surface area contributed by atoms with E-state index in [4.69, 9.17) is 5.11 Å². The van der Waals surface area contributed by atoms with E-state index in [9.17, 15) is 9.59 Å². The highest BCUT2D eigenvalue weighted by molar-refractivity contribution is 5.79. The van der Waals surface area contributed by atoms with E-state index in [0.717, 1.165) is 24.9 Å². The van der Waals surface area contributed by atoms with E-state index >= 15 is 0 Å². The molecular weight excluding hydrogens is 304 g/mol. The Kier molecular flexibility index (Phi) is 6.37. The van der Waals surface area contributed by atoms with Gasteiger partial charge in [0.1, 0.15) is 0 Å². The molecule has 24 heavy (non-hydrogen) atoms. The second-order valence-corrected chi connectivity index (χ2v) is 6.74. The van der Waals surface area contributed by atoms with Crippen molar-refractivity contribution in [1.82, 2.24) is 9.80 Å². The number of carbonyl (C=O) groups excluding carboxylic acids is 1. The number of piperidine rings is 1. The summed E-state index contributed by atoms with van der Waals surface area (Å²) >= 11 is 0. The van der Waals surface area contributed by atoms with Gasteiger partial charge in [-0.05, 0) is 38.8 Å². The molecule has 1 amide bonds. The van der Waals surface area contributed by atoms with E-state index in [2.05, 4.69) is 18.2 Å². The van der Waals surface area contributed by atoms with Gasteiger partial charge >= 0.3 is 5.97 Å². The number of nitrogens with zero attached hydrogens (tertiary/aromatic N) is 2. The minimum atomic E-state index is -0.787. The SMILES string of the molecule is CCN(CC(=O)O)C1CCN(C(=O)Cc2cc(C)cc(C)c2)CC1. The first-order valence-electron chi connectivity index (χ1n) is 8.69. The summed E-state index contributed by atoms with van der Waals surface area (Å²) in [5, 5.41) is 8.99. The molecule has 0 spiro atoms. The van der Waals surface area contributed by atoms with Crippen LogP contribution in [0.15, 0.2) is 18.2 Å². The molecular formula is C19H28N2O3. The van der Waals surface area contributed by atoms with Crippen molar-refractivity contribution in [1.29, 1.82) is 0 Å². The van der Waals surface area contributed by atoms with Crippen molar-refractivity contribution in [3.8, 4) is 0 Å². The molecule has 0 aliphatic carbocycles. The number of benzene rings is 1. The molecule has 1 aliphatic rings. The molecule has 0 atom stereocenters. The van der Waals surface area contributed by atoms with Gasteiger partial charge in [0.05, 0.1) is 13.0 Å². The van der Waals surface area contributed by atoms with Crippen molar-refractivity contribution in [3.63, 3.8) is 0 Å². The van der Waals surface area contributed by atoms with E-state index in [1.165, 1.54) is 11.1 Å². The highest BCUT2D eigenvalue weighted by atomic mass is 16.4. The minimum Gasteiger partial charge on any atom is -0.480 e. The lowest BCUT2D eigenvalue weighted by atomic mass is 10.0. The number of aliphatic carboxylic acids is 1. The second kappa shape index (κ2) is 8.29. The van der Waals surface area contributed by atoms with Gasteiger partial charge in [-0.1, -0.05) is 36.2 Å². The smallest absolute Gasteiger partial charge is 0.317 e. The minimum absolute atomic E-state index is 0.0810. The third-order valence-electron chi connectivity index (χ3n) is 4.71. The number of carbonyl (C=O) groups is 2. The van der Waals surface area contributed by atoms with Crippen LogP contribution < -0.4 is 0 Å². The molecule has 1 saturated heterocycles. The van der Waals surface area contributed by atoms with Crippen molar-refractivity contribution in [2.24, 2.45) is 0 Å². The predicted octanol–water partition coefficient (Wildman–Crippen LogP) is 2.24. The standard InChI is InChI=1S/C19H28N2O3/c1-4-20(13-19(23)24)17-5-7-21(8-6-17)18(22)12-16-10-14(2)9-15(3)11-16/h9-11,17H,4-8,12-13H2,1-3H3,(H,23,24). The summed E-state index contributed by atoms with van der Waals surface area (Å²) in [6, 6.07) is 6.52. The Bertz CT molecular complexity index is 572. The maximum Gasteiger partial charge on any atom is 0.317 e. The fourth-order valence-electron chi connectivity index (χ4n) is 3.61. The first-order chi connectivity index (χ1) is 11.4. The molecule has 0 aromatic heterocycles. The Morgan fingerprint density at radius 3 is 2.25 bits per heavy atom. The van der Waals surface area contributed by atoms with Crippen molar-refractivity contribution in [3.05, 3.63) is 34.9 Å². The summed E-state index contributed by atoms with van der Waals surface area (Å²) in [6.45, 7) is 8.32. The normalized spacial score (nSPS) is 15.8. The van der Waals surface area contributed by atoms with Crippen LogP contribution in [0.2, 0.25) is 0 Å². The van der Waals surface area contributed by atoms with Crippen LogP contribution in [0.5, 0.6) is 0 Å². The molecule has 1 aliphatic heterocycles. The molecule has 1 aromatic carbocycles. The van der Waals surface area contributed by atoms with E-state index in [1.807, 2.05) is 30.6 Å². The molecule has 1 N–H and O–H groups in total. The Morgan fingerprint density at radius 1 is 1.17 bits per heavy atom. The van der Waals surface area contributed by atoms with Crippen LogP contribution >= 0.6 is 0 Å². The Morgan fingerprint density at radius 2 is 1.75 bits per heavy atom. The van der Waals surface area contributed by atoms with Gasteiger partial charge in [-0.25, -0.2) is 0 Å². The van der Waals surface area contributed by atoms with Crippen molar-refractivity contribution >= 4 is 11.9 Å². The number of aryl methyl sites for hydroxylation is 2. The van der Waals surface area contributed by atoms with E-state index in [1.54, 1.807) is 0 Å². The molecule has 2 rings (SSSR count). The monoisotopic (exact) mass is 332 g/mol. The maximum absolute atomic E-state index is 12.5. The van der Waals surface area contributed by atoms with Gasteiger partial charge in [0.2, 0.25) is 5.91 Å². The molecule has 0 radical (unpaired) electrons. The molecule has 1 fully saturated rings. The lowest BCUT2D eigenvalue weighted by Crippen LogP contribution is -2.48. The number of likely N-dealkylation sites (tertiary alicyclic amines) is 1. The van der Waals surface area contributed by atoms with Crippen molar-refractivity contribution < 1.29 is 14.7 Å². The Balaban J connectivity index is 1.89. The topological polar surface area (TPSA) is 60.9 Å². The van der Waals surface area contributed by atoms with E-state index < -0.39 is 5.97 Å². The molecule has 1 aromatic rings. The van der Waals surface area contributed by atoms with Gasteiger partial charge in [0.25, 0.3) is 0 Å². The Hall–Kier alpha value is -1.88. The van der Waals surface area contributed by atoms with Crippen molar-refractivity contribution in [2.75, 3.05) is 26.2 Å². The fraction of sp³-hybridized carbons (Fsp3) is 0.579. The van der Waals surface area contributed by atoms with Gasteiger partial charge < -0.3 is 10.0 Å². The molecule has 0 bridgehead atoms. The first-order valence-corrected chi connectivity index (χ1v) is 8.69. The van der Waals surface area contributed by atoms with Crippen LogP contribution in [0.1, 0.15) is 36.5 Å². The number of carboxylic acids is 1. The van der Waals surface area contributed by atoms with Crippen LogP contribution in [0.25, 0.3) is 0 Å². The summed E-state index contributed by atoms with van der Waals surface area (Å²) in [5.74, 6) is -0.620. The number of likely N-dealkylation sites (N-methyl/N-ethyl adjacent to an activating group) is 1. The Labute approximate surface area is 144 Å². The zero-order valence-electron chi connectivity index (χ0n) is 14.9. The zero-order valence-corrected chi connectivity index (χ0v) is 14.9. The van der Waals surface area contributed by atoms with Gasteiger partial charge in [-0.3, -0.25) is 14.5 Å². The third-order valence-corrected chi connectivity index (χ3v) is 4.71. The average molecular weight is 332 g/mol. The van der Waals surface area contributed by atoms with Gasteiger partial charge in [0.15, 0.2) is 0 Å². The molecule has 1 heterocycles. The van der Waals surface area contributed by atoms with E-state index in [-0.39, 0.29) is 18.5 Å². The summed E-state index contributed by atoms with van der Waals surface area (Å²) in [7, 11) is 0. The summed E-state index contributed by atoms with van der Waals surface area (Å²) < 4.78 is 0. The average Bonchev–Trinajstić information content (AvgIpc) is 2.51. The summed E-state index contributed by atoms with van der Waals surface area (Å²) in [4.78, 5) is 27.4. The molecule has 0 unspecified atom stereocenters. The highest BCUT2D eigenvalue weighted by Crippen LogP contribution is 2.18. The first kappa shape index (κ1) is 18.5. The van der Waals surface area contributed by atoms with Crippen LogP contribution in [0, 0.1) is 13.8 Å². The fourth-order valence-corrected chi connectivity index (χ4v) is 3.61. The number of rotatable bonds is 6. The quantitative estimate of drug-likeness (QED) is 0.868. The number of carboxylic acid groups (broad SMARTS) is 1.